The zero-order valence-corrected chi connectivity index (χ0v) is 16.5. The Balaban J connectivity index is 1.80. The molecule has 140 valence electrons. The lowest BCUT2D eigenvalue weighted by molar-refractivity contribution is 0.866. The van der Waals surface area contributed by atoms with E-state index in [0.717, 1.165) is 36.0 Å². The minimum atomic E-state index is 0.670. The molecule has 0 saturated carbocycles. The van der Waals surface area contributed by atoms with Crippen LogP contribution in [0.4, 0.5) is 28.8 Å². The van der Waals surface area contributed by atoms with Crippen LogP contribution in [0.25, 0.3) is 0 Å². The fraction of sp³-hybridized carbons (Fsp3) is 0.273. The van der Waals surface area contributed by atoms with Gasteiger partial charge in [0, 0.05) is 49.0 Å². The van der Waals surface area contributed by atoms with E-state index in [1.54, 1.807) is 0 Å². The zero-order valence-electron chi connectivity index (χ0n) is 16.5. The molecule has 0 fully saturated rings. The number of nitrogens with one attached hydrogen (secondary N) is 1. The van der Waals surface area contributed by atoms with Crippen LogP contribution in [-0.4, -0.2) is 30.1 Å². The van der Waals surface area contributed by atoms with Crippen molar-refractivity contribution in [3.8, 4) is 0 Å². The van der Waals surface area contributed by atoms with Crippen LogP contribution in [-0.2, 0) is 0 Å². The maximum absolute atomic E-state index is 4.69. The summed E-state index contributed by atoms with van der Waals surface area (Å²) in [4.78, 5) is 13.6. The predicted octanol–water partition coefficient (Wildman–Crippen LogP) is 5.14. The molecule has 1 aromatic heterocycles. The van der Waals surface area contributed by atoms with E-state index in [0.29, 0.717) is 5.95 Å². The van der Waals surface area contributed by atoms with Gasteiger partial charge in [-0.05, 0) is 57.2 Å². The summed E-state index contributed by atoms with van der Waals surface area (Å²) < 4.78 is 0. The van der Waals surface area contributed by atoms with Gasteiger partial charge < -0.3 is 15.1 Å². The minimum Gasteiger partial charge on any atom is -0.372 e. The van der Waals surface area contributed by atoms with E-state index < -0.39 is 0 Å². The molecule has 1 N–H and O–H groups in total. The average molecular weight is 361 g/mol. The van der Waals surface area contributed by atoms with Crippen LogP contribution in [0.2, 0.25) is 0 Å². The van der Waals surface area contributed by atoms with Gasteiger partial charge in [-0.15, -0.1) is 0 Å². The van der Waals surface area contributed by atoms with Gasteiger partial charge in [-0.3, -0.25) is 0 Å². The fourth-order valence-electron chi connectivity index (χ4n) is 3.03. The second kappa shape index (κ2) is 8.54. The number of aromatic nitrogens is 2. The molecule has 0 saturated heterocycles. The van der Waals surface area contributed by atoms with E-state index in [-0.39, 0.29) is 0 Å². The molecule has 0 unspecified atom stereocenters. The van der Waals surface area contributed by atoms with Crippen molar-refractivity contribution in [2.45, 2.75) is 20.8 Å². The van der Waals surface area contributed by atoms with Gasteiger partial charge in [-0.1, -0.05) is 18.2 Å². The second-order valence-corrected chi connectivity index (χ2v) is 6.43. The third kappa shape index (κ3) is 4.56. The molecule has 0 bridgehead atoms. The Hall–Kier alpha value is -3.08. The van der Waals surface area contributed by atoms with Gasteiger partial charge in [-0.25, -0.2) is 4.98 Å². The Bertz CT molecular complexity index is 858. The number of nitrogens with zero attached hydrogens (tertiary/aromatic N) is 4. The van der Waals surface area contributed by atoms with Crippen molar-refractivity contribution >= 4 is 28.8 Å². The topological polar surface area (TPSA) is 44.3 Å². The van der Waals surface area contributed by atoms with Gasteiger partial charge in [0.05, 0.1) is 0 Å². The Labute approximate surface area is 161 Å². The molecule has 5 heteroatoms. The highest BCUT2D eigenvalue weighted by Gasteiger charge is 2.10. The molecule has 5 nitrogen and oxygen atoms in total. The summed E-state index contributed by atoms with van der Waals surface area (Å²) in [5.74, 6) is 1.46. The quantitative estimate of drug-likeness (QED) is 0.631. The van der Waals surface area contributed by atoms with Crippen LogP contribution < -0.4 is 15.1 Å². The third-order valence-corrected chi connectivity index (χ3v) is 4.55. The number of rotatable bonds is 7. The van der Waals surface area contributed by atoms with Crippen molar-refractivity contribution in [1.29, 1.82) is 0 Å². The normalized spacial score (nSPS) is 10.5. The van der Waals surface area contributed by atoms with Crippen LogP contribution in [0.1, 0.15) is 19.5 Å². The maximum Gasteiger partial charge on any atom is 0.231 e. The number of benzene rings is 2. The van der Waals surface area contributed by atoms with Crippen molar-refractivity contribution in [3.63, 3.8) is 0 Å². The van der Waals surface area contributed by atoms with E-state index in [9.17, 15) is 0 Å². The third-order valence-electron chi connectivity index (χ3n) is 4.55. The number of hydrogen-bond donors (Lipinski definition) is 1. The molecule has 0 aliphatic rings. The fourth-order valence-corrected chi connectivity index (χ4v) is 3.03. The molecule has 0 amide bonds. The molecule has 3 aromatic rings. The van der Waals surface area contributed by atoms with Crippen LogP contribution in [0, 0.1) is 6.92 Å². The number of aryl methyl sites for hydroxylation is 1. The van der Waals surface area contributed by atoms with Crippen LogP contribution in [0.3, 0.4) is 0 Å². The van der Waals surface area contributed by atoms with Crippen molar-refractivity contribution < 1.29 is 0 Å². The van der Waals surface area contributed by atoms with Crippen LogP contribution in [0.5, 0.6) is 0 Å². The van der Waals surface area contributed by atoms with Gasteiger partial charge in [-0.2, -0.15) is 4.98 Å². The van der Waals surface area contributed by atoms with Crippen molar-refractivity contribution in [1.82, 2.24) is 9.97 Å². The summed E-state index contributed by atoms with van der Waals surface area (Å²) in [6, 6.07) is 20.5. The molecule has 0 aliphatic carbocycles. The number of para-hydroxylation sites is 1. The summed E-state index contributed by atoms with van der Waals surface area (Å²) in [5.41, 5.74) is 4.22. The molecular formula is C22H27N5. The van der Waals surface area contributed by atoms with Crippen molar-refractivity contribution in [2.75, 3.05) is 35.3 Å². The standard InChI is InChI=1S/C22H27N5/c1-5-27(6-2)20-14-12-18(13-15-20)24-21-16-17(3)23-22(25-21)26(4)19-10-8-7-9-11-19/h7-16H,5-6H2,1-4H3,(H,23,24,25). The lowest BCUT2D eigenvalue weighted by atomic mass is 10.2. The molecule has 0 aliphatic heterocycles. The maximum atomic E-state index is 4.69. The van der Waals surface area contributed by atoms with Gasteiger partial charge in [0.2, 0.25) is 5.95 Å². The van der Waals surface area contributed by atoms with Gasteiger partial charge in [0.15, 0.2) is 0 Å². The van der Waals surface area contributed by atoms with E-state index in [1.807, 2.05) is 55.3 Å². The largest absolute Gasteiger partial charge is 0.372 e. The summed E-state index contributed by atoms with van der Waals surface area (Å²) in [5, 5.41) is 3.40. The van der Waals surface area contributed by atoms with E-state index >= 15 is 0 Å². The number of anilines is 5. The monoisotopic (exact) mass is 361 g/mol. The molecular weight excluding hydrogens is 334 g/mol. The first-order chi connectivity index (χ1) is 13.1. The van der Waals surface area contributed by atoms with E-state index in [1.165, 1.54) is 5.69 Å². The van der Waals surface area contributed by atoms with Gasteiger partial charge in [0.25, 0.3) is 0 Å². The lowest BCUT2D eigenvalue weighted by Gasteiger charge is -2.21. The van der Waals surface area contributed by atoms with Crippen LogP contribution >= 0.6 is 0 Å². The van der Waals surface area contributed by atoms with Crippen molar-refractivity contribution in [2.24, 2.45) is 0 Å². The molecule has 1 heterocycles. The molecule has 3 rings (SSSR count). The molecule has 2 aromatic carbocycles. The first-order valence-electron chi connectivity index (χ1n) is 9.37. The summed E-state index contributed by atoms with van der Waals surface area (Å²) in [6.07, 6.45) is 0. The molecule has 0 spiro atoms. The predicted molar refractivity (Wildman–Crippen MR) is 115 cm³/mol. The highest BCUT2D eigenvalue weighted by Crippen LogP contribution is 2.24. The lowest BCUT2D eigenvalue weighted by Crippen LogP contribution is -2.21. The average Bonchev–Trinajstić information content (AvgIpc) is 2.70. The molecule has 0 atom stereocenters. The first kappa shape index (κ1) is 18.7. The molecule has 27 heavy (non-hydrogen) atoms. The van der Waals surface area contributed by atoms with Gasteiger partial charge >= 0.3 is 0 Å². The van der Waals surface area contributed by atoms with E-state index in [2.05, 4.69) is 58.3 Å². The van der Waals surface area contributed by atoms with Gasteiger partial charge in [0.1, 0.15) is 5.82 Å². The Morgan fingerprint density at radius 1 is 0.852 bits per heavy atom. The zero-order chi connectivity index (χ0) is 19.2. The Kier molecular flexibility index (Phi) is 5.91. The summed E-state index contributed by atoms with van der Waals surface area (Å²) in [7, 11) is 1.98. The minimum absolute atomic E-state index is 0.670. The van der Waals surface area contributed by atoms with E-state index in [4.69, 9.17) is 0 Å². The smallest absolute Gasteiger partial charge is 0.231 e. The summed E-state index contributed by atoms with van der Waals surface area (Å²) >= 11 is 0. The molecule has 0 radical (unpaired) electrons. The highest BCUT2D eigenvalue weighted by atomic mass is 15.3. The first-order valence-corrected chi connectivity index (χ1v) is 9.37. The number of hydrogen-bond acceptors (Lipinski definition) is 5. The Morgan fingerprint density at radius 3 is 2.15 bits per heavy atom. The second-order valence-electron chi connectivity index (χ2n) is 6.43. The van der Waals surface area contributed by atoms with Crippen LogP contribution in [0.15, 0.2) is 60.7 Å². The van der Waals surface area contributed by atoms with Crippen molar-refractivity contribution in [3.05, 3.63) is 66.4 Å². The SMILES string of the molecule is CCN(CC)c1ccc(Nc2cc(C)nc(N(C)c3ccccc3)n2)cc1. The summed E-state index contributed by atoms with van der Waals surface area (Å²) in [6.45, 7) is 8.33. The Morgan fingerprint density at radius 2 is 1.52 bits per heavy atom. The highest BCUT2D eigenvalue weighted by molar-refractivity contribution is 5.63.